The molecule has 1 heterocycles. The minimum atomic E-state index is -1.10. The standard InChI is InChI=1S/C26H22N2O4/c1-16-19(11-7-12-20(16)26(31)32)24(29)23(28-25(30)17-8-3-2-4-9-17)14-18-15-27-22-13-6-5-10-21(18)22/h2-13,15,23,27H,14H2,1H3,(H,28,30)(H,31,32)/t23-/m0/s1. The van der Waals surface area contributed by atoms with E-state index in [1.165, 1.54) is 6.07 Å². The van der Waals surface area contributed by atoms with Gasteiger partial charge in [0.2, 0.25) is 0 Å². The summed E-state index contributed by atoms with van der Waals surface area (Å²) in [5.74, 6) is -1.80. The number of aromatic amines is 1. The number of fused-ring (bicyclic) bond motifs is 1. The van der Waals surface area contributed by atoms with E-state index in [0.29, 0.717) is 11.1 Å². The van der Waals surface area contributed by atoms with Crippen LogP contribution in [0, 0.1) is 6.92 Å². The van der Waals surface area contributed by atoms with Crippen LogP contribution in [0.4, 0.5) is 0 Å². The monoisotopic (exact) mass is 426 g/mol. The molecule has 4 aromatic rings. The number of nitrogens with one attached hydrogen (secondary N) is 2. The van der Waals surface area contributed by atoms with Crippen molar-refractivity contribution in [3.8, 4) is 0 Å². The smallest absolute Gasteiger partial charge is 0.335 e. The van der Waals surface area contributed by atoms with Gasteiger partial charge in [-0.3, -0.25) is 9.59 Å². The Bertz CT molecular complexity index is 1310. The Balaban J connectivity index is 1.71. The van der Waals surface area contributed by atoms with Gasteiger partial charge < -0.3 is 15.4 Å². The number of H-pyrrole nitrogens is 1. The molecule has 4 rings (SSSR count). The molecule has 0 spiro atoms. The second kappa shape index (κ2) is 8.89. The molecule has 0 unspecified atom stereocenters. The molecule has 160 valence electrons. The fourth-order valence-corrected chi connectivity index (χ4v) is 3.88. The lowest BCUT2D eigenvalue weighted by Gasteiger charge is -2.19. The molecular formula is C26H22N2O4. The summed E-state index contributed by atoms with van der Waals surface area (Å²) < 4.78 is 0. The quantitative estimate of drug-likeness (QED) is 0.382. The van der Waals surface area contributed by atoms with E-state index in [-0.39, 0.29) is 29.2 Å². The summed E-state index contributed by atoms with van der Waals surface area (Å²) in [7, 11) is 0. The van der Waals surface area contributed by atoms with E-state index in [9.17, 15) is 19.5 Å². The molecule has 1 aromatic heterocycles. The van der Waals surface area contributed by atoms with Crippen LogP contribution >= 0.6 is 0 Å². The molecule has 0 fully saturated rings. The van der Waals surface area contributed by atoms with Crippen LogP contribution in [0.3, 0.4) is 0 Å². The Kier molecular flexibility index (Phi) is 5.85. The molecule has 6 heteroatoms. The van der Waals surface area contributed by atoms with Gasteiger partial charge in [-0.05, 0) is 42.3 Å². The summed E-state index contributed by atoms with van der Waals surface area (Å²) >= 11 is 0. The molecule has 0 aliphatic carbocycles. The molecule has 6 nitrogen and oxygen atoms in total. The summed E-state index contributed by atoms with van der Waals surface area (Å²) in [5.41, 5.74) is 2.99. The van der Waals surface area contributed by atoms with Gasteiger partial charge in [-0.2, -0.15) is 0 Å². The van der Waals surface area contributed by atoms with Gasteiger partial charge in [0.15, 0.2) is 5.78 Å². The molecule has 3 N–H and O–H groups in total. The number of carboxylic acids is 1. The van der Waals surface area contributed by atoms with Crippen LogP contribution in [0.5, 0.6) is 0 Å². The van der Waals surface area contributed by atoms with Crippen molar-refractivity contribution in [1.82, 2.24) is 10.3 Å². The Morgan fingerprint density at radius 2 is 1.59 bits per heavy atom. The van der Waals surface area contributed by atoms with Gasteiger partial charge in [0.05, 0.1) is 11.6 Å². The third kappa shape index (κ3) is 4.16. The van der Waals surface area contributed by atoms with E-state index in [0.717, 1.165) is 16.5 Å². The van der Waals surface area contributed by atoms with Gasteiger partial charge in [0.25, 0.3) is 5.91 Å². The zero-order valence-electron chi connectivity index (χ0n) is 17.5. The van der Waals surface area contributed by atoms with Crippen LogP contribution in [0.15, 0.2) is 79.0 Å². The first-order valence-electron chi connectivity index (χ1n) is 10.2. The molecule has 32 heavy (non-hydrogen) atoms. The fraction of sp³-hybridized carbons (Fsp3) is 0.115. The molecule has 1 atom stereocenters. The number of aromatic nitrogens is 1. The van der Waals surface area contributed by atoms with Gasteiger partial charge in [-0.15, -0.1) is 0 Å². The lowest BCUT2D eigenvalue weighted by molar-refractivity contribution is 0.0695. The fourth-order valence-electron chi connectivity index (χ4n) is 3.88. The lowest BCUT2D eigenvalue weighted by atomic mass is 9.92. The number of hydrogen-bond acceptors (Lipinski definition) is 3. The number of carboxylic acid groups (broad SMARTS) is 1. The second-order valence-corrected chi connectivity index (χ2v) is 7.60. The number of rotatable bonds is 7. The first-order valence-corrected chi connectivity index (χ1v) is 10.2. The number of hydrogen-bond donors (Lipinski definition) is 3. The van der Waals surface area contributed by atoms with Crippen molar-refractivity contribution in [2.75, 3.05) is 0 Å². The van der Waals surface area contributed by atoms with Gasteiger partial charge in [0.1, 0.15) is 0 Å². The largest absolute Gasteiger partial charge is 0.478 e. The third-order valence-electron chi connectivity index (χ3n) is 5.59. The minimum Gasteiger partial charge on any atom is -0.478 e. The number of para-hydroxylation sites is 1. The zero-order valence-corrected chi connectivity index (χ0v) is 17.5. The van der Waals surface area contributed by atoms with Crippen LogP contribution in [0.2, 0.25) is 0 Å². The maximum atomic E-state index is 13.6. The van der Waals surface area contributed by atoms with E-state index in [1.54, 1.807) is 43.3 Å². The number of Topliss-reactive ketones (excluding diaryl/α,β-unsaturated/α-hetero) is 1. The van der Waals surface area contributed by atoms with E-state index in [4.69, 9.17) is 0 Å². The number of amides is 1. The molecule has 0 aliphatic heterocycles. The highest BCUT2D eigenvalue weighted by Crippen LogP contribution is 2.22. The number of carbonyl (C=O) groups is 3. The summed E-state index contributed by atoms with van der Waals surface area (Å²) in [5, 5.41) is 13.3. The SMILES string of the molecule is Cc1c(C(=O)O)cccc1C(=O)[C@H](Cc1c[nH]c2ccccc12)NC(=O)c1ccccc1. The molecule has 0 aliphatic rings. The average Bonchev–Trinajstić information content (AvgIpc) is 3.21. The molecule has 0 saturated carbocycles. The highest BCUT2D eigenvalue weighted by atomic mass is 16.4. The maximum absolute atomic E-state index is 13.6. The van der Waals surface area contributed by atoms with Crippen molar-refractivity contribution in [2.45, 2.75) is 19.4 Å². The van der Waals surface area contributed by atoms with E-state index in [1.807, 2.05) is 36.5 Å². The molecular weight excluding hydrogens is 404 g/mol. The predicted molar refractivity (Wildman–Crippen MR) is 122 cm³/mol. The predicted octanol–water partition coefficient (Wildman–Crippen LogP) is 4.40. The topological polar surface area (TPSA) is 99.3 Å². The van der Waals surface area contributed by atoms with Crippen molar-refractivity contribution >= 4 is 28.6 Å². The summed E-state index contributed by atoms with van der Waals surface area (Å²) in [4.78, 5) is 41.2. The summed E-state index contributed by atoms with van der Waals surface area (Å²) in [6, 6.07) is 20.2. The van der Waals surface area contributed by atoms with Gasteiger partial charge >= 0.3 is 5.97 Å². The van der Waals surface area contributed by atoms with E-state index < -0.39 is 12.0 Å². The number of benzene rings is 3. The Hall–Kier alpha value is -4.19. The lowest BCUT2D eigenvalue weighted by Crippen LogP contribution is -2.42. The second-order valence-electron chi connectivity index (χ2n) is 7.60. The number of ketones is 1. The highest BCUT2D eigenvalue weighted by Gasteiger charge is 2.26. The summed E-state index contributed by atoms with van der Waals surface area (Å²) in [6.45, 7) is 1.61. The Labute approximate surface area is 184 Å². The van der Waals surface area contributed by atoms with Crippen molar-refractivity contribution < 1.29 is 19.5 Å². The van der Waals surface area contributed by atoms with Crippen molar-refractivity contribution in [1.29, 1.82) is 0 Å². The van der Waals surface area contributed by atoms with Crippen molar-refractivity contribution in [3.05, 3.63) is 107 Å². The zero-order chi connectivity index (χ0) is 22.7. The average molecular weight is 426 g/mol. The van der Waals surface area contributed by atoms with Crippen molar-refractivity contribution in [2.24, 2.45) is 0 Å². The van der Waals surface area contributed by atoms with Gasteiger partial charge in [-0.1, -0.05) is 48.5 Å². The first-order chi connectivity index (χ1) is 15.5. The molecule has 0 radical (unpaired) electrons. The van der Waals surface area contributed by atoms with Crippen LogP contribution in [0.1, 0.15) is 42.2 Å². The van der Waals surface area contributed by atoms with Crippen LogP contribution < -0.4 is 5.32 Å². The Morgan fingerprint density at radius 3 is 2.34 bits per heavy atom. The first kappa shape index (κ1) is 21.1. The van der Waals surface area contributed by atoms with E-state index >= 15 is 0 Å². The minimum absolute atomic E-state index is 0.0658. The maximum Gasteiger partial charge on any atom is 0.335 e. The number of carbonyl (C=O) groups excluding carboxylic acids is 2. The third-order valence-corrected chi connectivity index (χ3v) is 5.59. The van der Waals surface area contributed by atoms with Crippen LogP contribution in [-0.4, -0.2) is 33.8 Å². The molecule has 1 amide bonds. The van der Waals surface area contributed by atoms with Gasteiger partial charge in [-0.25, -0.2) is 4.79 Å². The molecule has 0 bridgehead atoms. The number of aromatic carboxylic acids is 1. The highest BCUT2D eigenvalue weighted by molar-refractivity contribution is 6.07. The molecule has 3 aromatic carbocycles. The molecule has 0 saturated heterocycles. The van der Waals surface area contributed by atoms with Crippen molar-refractivity contribution in [3.63, 3.8) is 0 Å². The van der Waals surface area contributed by atoms with Crippen LogP contribution in [-0.2, 0) is 6.42 Å². The van der Waals surface area contributed by atoms with Gasteiger partial charge in [0, 0.05) is 34.6 Å². The summed E-state index contributed by atoms with van der Waals surface area (Å²) in [6.07, 6.45) is 2.10. The normalized spacial score (nSPS) is 11.8. The Morgan fingerprint density at radius 1 is 0.906 bits per heavy atom. The van der Waals surface area contributed by atoms with Crippen LogP contribution in [0.25, 0.3) is 10.9 Å². The van der Waals surface area contributed by atoms with E-state index in [2.05, 4.69) is 10.3 Å².